The molecule has 1 atom stereocenters. The van der Waals surface area contributed by atoms with Crippen LogP contribution in [-0.4, -0.2) is 35.7 Å². The van der Waals surface area contributed by atoms with Crippen LogP contribution in [0.25, 0.3) is 0 Å². The Morgan fingerprint density at radius 2 is 2.12 bits per heavy atom. The predicted octanol–water partition coefficient (Wildman–Crippen LogP) is 3.25. The first-order chi connectivity index (χ1) is 12.0. The van der Waals surface area contributed by atoms with Crippen LogP contribution in [0.5, 0.6) is 5.75 Å². The lowest BCUT2D eigenvalue weighted by molar-refractivity contribution is 0.0397. The molecule has 2 rings (SSSR count). The lowest BCUT2D eigenvalue weighted by Gasteiger charge is -2.12. The minimum Gasteiger partial charge on any atom is -0.497 e. The maximum Gasteiger partial charge on any atom is 0.119 e. The van der Waals surface area contributed by atoms with E-state index in [1.54, 1.807) is 7.11 Å². The Morgan fingerprint density at radius 1 is 1.32 bits per heavy atom. The number of aromatic nitrogens is 1. The summed E-state index contributed by atoms with van der Waals surface area (Å²) in [5.41, 5.74) is 3.33. The Hall–Kier alpha value is -2.07. The fourth-order valence-electron chi connectivity index (χ4n) is 2.34. The molecule has 132 valence electrons. The second-order valence-corrected chi connectivity index (χ2v) is 6.71. The molecule has 0 amide bonds. The molecule has 5 nitrogen and oxygen atoms in total. The van der Waals surface area contributed by atoms with Crippen LogP contribution in [-0.2, 0) is 11.3 Å². The normalized spacial score (nSPS) is 11.8. The molecule has 1 aromatic carbocycles. The minimum absolute atomic E-state index is 0.219. The number of thioether (sulfide) groups is 1. The highest BCUT2D eigenvalue weighted by Gasteiger charge is 2.12. The maximum absolute atomic E-state index is 10.1. The van der Waals surface area contributed by atoms with Gasteiger partial charge in [-0.15, -0.1) is 11.8 Å². The molecule has 1 N–H and O–H groups in total. The molecule has 0 bridgehead atoms. The molecule has 0 radical (unpaired) electrons. The van der Waals surface area contributed by atoms with Crippen molar-refractivity contribution < 1.29 is 14.6 Å². The van der Waals surface area contributed by atoms with Crippen molar-refractivity contribution in [1.29, 1.82) is 5.26 Å². The van der Waals surface area contributed by atoms with Crippen LogP contribution in [0.15, 0.2) is 35.4 Å². The number of aliphatic hydroxyl groups excluding tert-OH is 1. The zero-order valence-electron chi connectivity index (χ0n) is 14.7. The molecule has 6 heteroatoms. The van der Waals surface area contributed by atoms with E-state index in [-0.39, 0.29) is 6.61 Å². The molecule has 2 aromatic rings. The zero-order chi connectivity index (χ0) is 18.2. The van der Waals surface area contributed by atoms with Crippen LogP contribution in [0.4, 0.5) is 0 Å². The largest absolute Gasteiger partial charge is 0.497 e. The van der Waals surface area contributed by atoms with E-state index in [1.807, 2.05) is 44.2 Å². The Bertz CT molecular complexity index is 759. The number of ether oxygens (including phenoxy) is 2. The Labute approximate surface area is 152 Å². The van der Waals surface area contributed by atoms with Crippen LogP contribution in [0.1, 0.15) is 22.4 Å². The summed E-state index contributed by atoms with van der Waals surface area (Å²) in [6.07, 6.45) is -0.634. The number of methoxy groups -OCH3 is 1. The maximum atomic E-state index is 10.1. The van der Waals surface area contributed by atoms with E-state index in [9.17, 15) is 10.4 Å². The minimum atomic E-state index is -0.634. The highest BCUT2D eigenvalue weighted by molar-refractivity contribution is 7.99. The van der Waals surface area contributed by atoms with Crippen LogP contribution >= 0.6 is 11.8 Å². The van der Waals surface area contributed by atoms with E-state index in [1.165, 1.54) is 11.8 Å². The van der Waals surface area contributed by atoms with Crippen LogP contribution < -0.4 is 4.74 Å². The molecule has 0 aliphatic heterocycles. The lowest BCUT2D eigenvalue weighted by atomic mass is 10.1. The zero-order valence-corrected chi connectivity index (χ0v) is 15.5. The van der Waals surface area contributed by atoms with Crippen LogP contribution in [0, 0.1) is 25.2 Å². The van der Waals surface area contributed by atoms with Crippen molar-refractivity contribution in [3.05, 3.63) is 52.7 Å². The number of hydrogen-bond acceptors (Lipinski definition) is 6. The third-order valence-electron chi connectivity index (χ3n) is 3.55. The van der Waals surface area contributed by atoms with Gasteiger partial charge in [-0.3, -0.25) is 0 Å². The van der Waals surface area contributed by atoms with Gasteiger partial charge in [-0.2, -0.15) is 5.26 Å². The van der Waals surface area contributed by atoms with Crippen molar-refractivity contribution in [2.45, 2.75) is 31.6 Å². The SMILES string of the molecule is COc1cccc(COC[C@@H](O)CSc2nc(C)cc(C)c2C#N)c1. The number of rotatable bonds is 8. The molecule has 1 aromatic heterocycles. The van der Waals surface area contributed by atoms with Crippen LogP contribution in [0.3, 0.4) is 0 Å². The molecular weight excluding hydrogens is 336 g/mol. The standard InChI is InChI=1S/C19H22N2O3S/c1-13-7-14(2)21-19(18(13)9-20)25-12-16(22)11-24-10-15-5-4-6-17(8-15)23-3/h4-8,16,22H,10-12H2,1-3H3/t16-/m1/s1. The van der Waals surface area contributed by atoms with Gasteiger partial charge in [0.25, 0.3) is 0 Å². The highest BCUT2D eigenvalue weighted by atomic mass is 32.2. The summed E-state index contributed by atoms with van der Waals surface area (Å²) in [5, 5.41) is 20.0. The van der Waals surface area contributed by atoms with E-state index in [0.29, 0.717) is 22.9 Å². The third kappa shape index (κ3) is 5.75. The van der Waals surface area contributed by atoms with Gasteiger partial charge in [-0.05, 0) is 43.2 Å². The van der Waals surface area contributed by atoms with Gasteiger partial charge in [0.1, 0.15) is 16.8 Å². The Morgan fingerprint density at radius 3 is 2.84 bits per heavy atom. The number of hydrogen-bond donors (Lipinski definition) is 1. The van der Waals surface area contributed by atoms with Crippen molar-refractivity contribution in [2.24, 2.45) is 0 Å². The number of nitrogens with zero attached hydrogens (tertiary/aromatic N) is 2. The lowest BCUT2D eigenvalue weighted by Crippen LogP contribution is -2.18. The summed E-state index contributed by atoms with van der Waals surface area (Å²) >= 11 is 1.38. The number of pyridine rings is 1. The van der Waals surface area contributed by atoms with Crippen molar-refractivity contribution in [2.75, 3.05) is 19.5 Å². The van der Waals surface area contributed by atoms with Crippen molar-refractivity contribution in [3.63, 3.8) is 0 Å². The van der Waals surface area contributed by atoms with E-state index >= 15 is 0 Å². The second kappa shape index (κ2) is 9.42. The first kappa shape index (κ1) is 19.3. The van der Waals surface area contributed by atoms with Crippen molar-refractivity contribution in [3.8, 4) is 11.8 Å². The van der Waals surface area contributed by atoms with Crippen molar-refractivity contribution in [1.82, 2.24) is 4.98 Å². The average molecular weight is 358 g/mol. The third-order valence-corrected chi connectivity index (χ3v) is 4.67. The number of aryl methyl sites for hydroxylation is 2. The average Bonchev–Trinajstić information content (AvgIpc) is 2.59. The number of benzene rings is 1. The molecule has 0 saturated heterocycles. The fourth-order valence-corrected chi connectivity index (χ4v) is 3.35. The predicted molar refractivity (Wildman–Crippen MR) is 97.8 cm³/mol. The van der Waals surface area contributed by atoms with Gasteiger partial charge in [0.05, 0.1) is 32.0 Å². The summed E-state index contributed by atoms with van der Waals surface area (Å²) in [6, 6.07) is 11.7. The Balaban J connectivity index is 1.83. The summed E-state index contributed by atoms with van der Waals surface area (Å²) in [5.74, 6) is 1.20. The van der Waals surface area contributed by atoms with Gasteiger partial charge in [0.15, 0.2) is 0 Å². The summed E-state index contributed by atoms with van der Waals surface area (Å²) in [7, 11) is 1.62. The molecule has 0 spiro atoms. The van der Waals surface area contributed by atoms with E-state index < -0.39 is 6.10 Å². The summed E-state index contributed by atoms with van der Waals surface area (Å²) in [6.45, 7) is 4.41. The van der Waals surface area contributed by atoms with Gasteiger partial charge in [-0.25, -0.2) is 4.98 Å². The van der Waals surface area contributed by atoms with Gasteiger partial charge < -0.3 is 14.6 Å². The first-order valence-corrected chi connectivity index (χ1v) is 8.92. The van der Waals surface area contributed by atoms with Gasteiger partial charge in [-0.1, -0.05) is 12.1 Å². The van der Waals surface area contributed by atoms with Crippen molar-refractivity contribution >= 4 is 11.8 Å². The number of aliphatic hydroxyl groups is 1. The Kier molecular flexibility index (Phi) is 7.26. The molecule has 0 aliphatic carbocycles. The van der Waals surface area contributed by atoms with E-state index in [4.69, 9.17) is 9.47 Å². The molecule has 0 fully saturated rings. The molecule has 0 unspecified atom stereocenters. The van der Waals surface area contributed by atoms with Gasteiger partial charge in [0, 0.05) is 11.4 Å². The van der Waals surface area contributed by atoms with Gasteiger partial charge in [0.2, 0.25) is 0 Å². The fraction of sp³-hybridized carbons (Fsp3) is 0.368. The van der Waals surface area contributed by atoms with E-state index in [0.717, 1.165) is 22.6 Å². The number of nitriles is 1. The molecule has 1 heterocycles. The second-order valence-electron chi connectivity index (χ2n) is 5.70. The van der Waals surface area contributed by atoms with Crippen LogP contribution in [0.2, 0.25) is 0 Å². The monoisotopic (exact) mass is 358 g/mol. The molecule has 25 heavy (non-hydrogen) atoms. The topological polar surface area (TPSA) is 75.4 Å². The van der Waals surface area contributed by atoms with E-state index in [2.05, 4.69) is 11.1 Å². The summed E-state index contributed by atoms with van der Waals surface area (Å²) < 4.78 is 10.7. The quantitative estimate of drug-likeness (QED) is 0.730. The van der Waals surface area contributed by atoms with Gasteiger partial charge >= 0.3 is 0 Å². The first-order valence-electron chi connectivity index (χ1n) is 7.93. The summed E-state index contributed by atoms with van der Waals surface area (Å²) in [4.78, 5) is 4.40. The highest BCUT2D eigenvalue weighted by Crippen LogP contribution is 2.24. The molecule has 0 aliphatic rings. The molecular formula is C19H22N2O3S. The smallest absolute Gasteiger partial charge is 0.119 e. The molecule has 0 saturated carbocycles.